The fourth-order valence-corrected chi connectivity index (χ4v) is 3.73. The van der Waals surface area contributed by atoms with Crippen molar-refractivity contribution in [1.29, 1.82) is 0 Å². The molecule has 0 aliphatic carbocycles. The summed E-state index contributed by atoms with van der Waals surface area (Å²) < 4.78 is 27.1. The molecule has 0 radical (unpaired) electrons. The molecule has 1 aromatic heterocycles. The van der Waals surface area contributed by atoms with Crippen LogP contribution in [0.1, 0.15) is 55.4 Å². The van der Waals surface area contributed by atoms with Crippen LogP contribution in [0.5, 0.6) is 0 Å². The fourth-order valence-electron chi connectivity index (χ4n) is 3.73. The van der Waals surface area contributed by atoms with Crippen molar-refractivity contribution in [3.8, 4) is 11.4 Å². The Bertz CT molecular complexity index is 936. The molecule has 0 saturated carbocycles. The average molecular weight is 410 g/mol. The van der Waals surface area contributed by atoms with Crippen LogP contribution in [-0.4, -0.2) is 46.2 Å². The minimum absolute atomic E-state index is 0.400. The monoisotopic (exact) mass is 410 g/mol. The van der Waals surface area contributed by atoms with Crippen LogP contribution in [0.15, 0.2) is 30.5 Å². The van der Waals surface area contributed by atoms with E-state index in [1.165, 1.54) is 0 Å². The van der Waals surface area contributed by atoms with E-state index in [0.29, 0.717) is 0 Å². The van der Waals surface area contributed by atoms with Crippen LogP contribution in [0, 0.1) is 0 Å². The van der Waals surface area contributed by atoms with Gasteiger partial charge in [0.1, 0.15) is 5.82 Å². The molecule has 2 saturated heterocycles. The largest absolute Gasteiger partial charge is 0.514 e. The van der Waals surface area contributed by atoms with Gasteiger partial charge in [-0.15, -0.1) is 0 Å². The van der Waals surface area contributed by atoms with Crippen LogP contribution in [0.2, 0.25) is 0 Å². The summed E-state index contributed by atoms with van der Waals surface area (Å²) in [5, 5.41) is 0. The van der Waals surface area contributed by atoms with E-state index in [1.54, 1.807) is 0 Å². The van der Waals surface area contributed by atoms with Gasteiger partial charge < -0.3 is 23.2 Å². The van der Waals surface area contributed by atoms with Crippen LogP contribution < -0.4 is 11.1 Å². The minimum atomic E-state index is -0.467. The third kappa shape index (κ3) is 3.25. The highest BCUT2D eigenvalue weighted by molar-refractivity contribution is 6.64. The van der Waals surface area contributed by atoms with Gasteiger partial charge in [-0.3, -0.25) is 0 Å². The van der Waals surface area contributed by atoms with Crippen LogP contribution in [0.4, 0.5) is 0 Å². The maximum Gasteiger partial charge on any atom is 0.514 e. The van der Waals surface area contributed by atoms with Gasteiger partial charge in [-0.05, 0) is 60.9 Å². The van der Waals surface area contributed by atoms with E-state index in [4.69, 9.17) is 23.6 Å². The Morgan fingerprint density at radius 2 is 1.20 bits per heavy atom. The first-order chi connectivity index (χ1) is 13.8. The smallest absolute Gasteiger partial charge is 0.399 e. The molecule has 0 atom stereocenters. The molecular weight excluding hydrogens is 378 g/mol. The molecule has 6 nitrogen and oxygen atoms in total. The first-order valence-corrected chi connectivity index (χ1v) is 10.6. The highest BCUT2D eigenvalue weighted by Gasteiger charge is 2.54. The lowest BCUT2D eigenvalue weighted by Gasteiger charge is -2.32. The van der Waals surface area contributed by atoms with Crippen LogP contribution in [-0.2, 0) is 25.7 Å². The summed E-state index contributed by atoms with van der Waals surface area (Å²) in [5.74, 6) is 0.824. The van der Waals surface area contributed by atoms with Gasteiger partial charge in [0, 0.05) is 18.8 Å². The number of hydrogen-bond donors (Lipinski definition) is 0. The van der Waals surface area contributed by atoms with Gasteiger partial charge in [-0.25, -0.2) is 4.98 Å². The SMILES string of the molecule is Cn1c(B2OC(C)(C)C(C)(C)O2)cnc1-c1ccccc1B1OC(C)(C)C(C)(C)O1. The third-order valence-electron chi connectivity index (χ3n) is 7.23. The number of aromatic nitrogens is 2. The van der Waals surface area contributed by atoms with Crippen molar-refractivity contribution in [2.24, 2.45) is 7.05 Å². The topological polar surface area (TPSA) is 54.7 Å². The van der Waals surface area contributed by atoms with E-state index < -0.39 is 36.6 Å². The van der Waals surface area contributed by atoms with Gasteiger partial charge in [-0.2, -0.15) is 0 Å². The molecule has 0 amide bonds. The fraction of sp³-hybridized carbons (Fsp3) is 0.591. The summed E-state index contributed by atoms with van der Waals surface area (Å²) in [6.07, 6.45) is 1.83. The Morgan fingerprint density at radius 3 is 1.73 bits per heavy atom. The number of benzene rings is 1. The van der Waals surface area contributed by atoms with Crippen molar-refractivity contribution in [3.05, 3.63) is 30.5 Å². The van der Waals surface area contributed by atoms with Gasteiger partial charge in [0.2, 0.25) is 0 Å². The highest BCUT2D eigenvalue weighted by atomic mass is 16.7. The molecule has 160 valence electrons. The van der Waals surface area contributed by atoms with Gasteiger partial charge >= 0.3 is 14.2 Å². The number of nitrogens with zero attached hydrogens (tertiary/aromatic N) is 2. The van der Waals surface area contributed by atoms with Gasteiger partial charge in [0.15, 0.2) is 0 Å². The van der Waals surface area contributed by atoms with Crippen molar-refractivity contribution in [2.45, 2.75) is 77.8 Å². The molecule has 2 aliphatic heterocycles. The second kappa shape index (κ2) is 6.70. The Morgan fingerprint density at radius 1 is 0.733 bits per heavy atom. The summed E-state index contributed by atoms with van der Waals surface area (Å²) in [4.78, 5) is 4.72. The lowest BCUT2D eigenvalue weighted by Crippen LogP contribution is -2.41. The lowest BCUT2D eigenvalue weighted by molar-refractivity contribution is 0.00578. The summed E-state index contributed by atoms with van der Waals surface area (Å²) in [6, 6.07) is 8.10. The molecule has 8 heteroatoms. The number of rotatable bonds is 3. The van der Waals surface area contributed by atoms with Crippen LogP contribution in [0.3, 0.4) is 0 Å². The lowest BCUT2D eigenvalue weighted by atomic mass is 9.75. The standard InChI is InChI=1S/C22H32B2N2O4/c1-19(2)20(3,4)28-23(27-19)16-13-11-10-12-15(16)18-25-14-17(26(18)9)24-29-21(5,6)22(7,8)30-24/h10-14H,1-9H3. The first kappa shape index (κ1) is 21.6. The van der Waals surface area contributed by atoms with E-state index in [0.717, 1.165) is 22.4 Å². The van der Waals surface area contributed by atoms with Crippen LogP contribution >= 0.6 is 0 Å². The third-order valence-corrected chi connectivity index (χ3v) is 7.23. The summed E-state index contributed by atoms with van der Waals surface area (Å²) in [7, 11) is 1.07. The average Bonchev–Trinajstić information content (AvgIpc) is 3.17. The van der Waals surface area contributed by atoms with Crippen molar-refractivity contribution in [2.75, 3.05) is 0 Å². The molecule has 0 spiro atoms. The molecule has 4 rings (SSSR count). The molecule has 3 heterocycles. The predicted octanol–water partition coefficient (Wildman–Crippen LogP) is 2.69. The van der Waals surface area contributed by atoms with E-state index in [1.807, 2.05) is 36.0 Å². The molecule has 0 unspecified atom stereocenters. The molecule has 0 bridgehead atoms. The zero-order valence-corrected chi connectivity index (χ0v) is 19.6. The zero-order chi connectivity index (χ0) is 22.1. The molecule has 1 aromatic carbocycles. The Kier molecular flexibility index (Phi) is 4.83. The van der Waals surface area contributed by atoms with Crippen molar-refractivity contribution < 1.29 is 18.6 Å². The Labute approximate surface area is 180 Å². The Balaban J connectivity index is 1.70. The van der Waals surface area contributed by atoms with Gasteiger partial charge in [0.25, 0.3) is 0 Å². The summed E-state index contributed by atoms with van der Waals surface area (Å²) >= 11 is 0. The quantitative estimate of drug-likeness (QED) is 0.729. The van der Waals surface area contributed by atoms with Gasteiger partial charge in [-0.1, -0.05) is 24.3 Å². The summed E-state index contributed by atoms with van der Waals surface area (Å²) in [6.45, 7) is 16.5. The predicted molar refractivity (Wildman–Crippen MR) is 120 cm³/mol. The second-order valence-corrected chi connectivity index (χ2v) is 10.3. The molecular formula is C22H32B2N2O4. The molecule has 0 N–H and O–H groups in total. The molecule has 2 aromatic rings. The molecule has 30 heavy (non-hydrogen) atoms. The number of imidazole rings is 1. The normalized spacial score (nSPS) is 23.9. The maximum absolute atomic E-state index is 6.30. The zero-order valence-electron chi connectivity index (χ0n) is 19.6. The van der Waals surface area contributed by atoms with Crippen LogP contribution in [0.25, 0.3) is 11.4 Å². The van der Waals surface area contributed by atoms with E-state index in [-0.39, 0.29) is 0 Å². The van der Waals surface area contributed by atoms with Crippen molar-refractivity contribution >= 4 is 25.3 Å². The summed E-state index contributed by atoms with van der Waals surface area (Å²) in [5.41, 5.74) is 1.21. The second-order valence-electron chi connectivity index (χ2n) is 10.3. The number of hydrogen-bond acceptors (Lipinski definition) is 5. The molecule has 2 aliphatic rings. The van der Waals surface area contributed by atoms with Crippen molar-refractivity contribution in [3.63, 3.8) is 0 Å². The van der Waals surface area contributed by atoms with Gasteiger partial charge in [0.05, 0.1) is 28.0 Å². The van der Waals surface area contributed by atoms with E-state index in [2.05, 4.69) is 61.5 Å². The highest BCUT2D eigenvalue weighted by Crippen LogP contribution is 2.38. The maximum atomic E-state index is 6.30. The Hall–Kier alpha value is -1.60. The van der Waals surface area contributed by atoms with Crippen molar-refractivity contribution in [1.82, 2.24) is 9.55 Å². The minimum Gasteiger partial charge on any atom is -0.399 e. The van der Waals surface area contributed by atoms with E-state index in [9.17, 15) is 0 Å². The van der Waals surface area contributed by atoms with E-state index >= 15 is 0 Å². The first-order valence-electron chi connectivity index (χ1n) is 10.6. The molecule has 2 fully saturated rings.